The second-order valence-corrected chi connectivity index (χ2v) is 8.89. The van der Waals surface area contributed by atoms with Crippen LogP contribution < -0.4 is 0 Å². The summed E-state index contributed by atoms with van der Waals surface area (Å²) in [6.07, 6.45) is 5.83. The monoisotopic (exact) mass is 396 g/mol. The third-order valence-electron chi connectivity index (χ3n) is 4.55. The van der Waals surface area contributed by atoms with E-state index < -0.39 is 10.0 Å². The van der Waals surface area contributed by atoms with Crippen molar-refractivity contribution >= 4 is 21.6 Å². The van der Waals surface area contributed by atoms with Gasteiger partial charge in [0.2, 0.25) is 10.0 Å². The highest BCUT2D eigenvalue weighted by atomic mass is 35.5. The van der Waals surface area contributed by atoms with Crippen LogP contribution in [0.4, 0.5) is 0 Å². The molecule has 1 saturated heterocycles. The fourth-order valence-corrected chi connectivity index (χ4v) is 5.20. The van der Waals surface area contributed by atoms with Gasteiger partial charge in [-0.15, -0.1) is 0 Å². The molecule has 6 nitrogen and oxygen atoms in total. The minimum Gasteiger partial charge on any atom is -0.298 e. The van der Waals surface area contributed by atoms with Gasteiger partial charge < -0.3 is 0 Å². The van der Waals surface area contributed by atoms with Gasteiger partial charge in [0.15, 0.2) is 0 Å². The summed E-state index contributed by atoms with van der Waals surface area (Å²) in [5.74, 6) is 0. The minimum atomic E-state index is -3.56. The number of benzene rings is 1. The number of hydrogen-bond donors (Lipinski definition) is 0. The summed E-state index contributed by atoms with van der Waals surface area (Å²) >= 11 is 6.11. The van der Waals surface area contributed by atoms with Gasteiger partial charge in [-0.3, -0.25) is 9.58 Å². The molecule has 142 valence electrons. The summed E-state index contributed by atoms with van der Waals surface area (Å²) < 4.78 is 29.3. The molecule has 8 heteroatoms. The summed E-state index contributed by atoms with van der Waals surface area (Å²) in [4.78, 5) is 2.48. The van der Waals surface area contributed by atoms with Crippen LogP contribution in [0.3, 0.4) is 0 Å². The largest absolute Gasteiger partial charge is 0.298 e. The van der Waals surface area contributed by atoms with E-state index in [0.717, 1.165) is 32.5 Å². The van der Waals surface area contributed by atoms with E-state index >= 15 is 0 Å². The van der Waals surface area contributed by atoms with Crippen molar-refractivity contribution in [2.45, 2.75) is 37.8 Å². The van der Waals surface area contributed by atoms with Gasteiger partial charge in [0, 0.05) is 44.5 Å². The lowest BCUT2D eigenvalue weighted by molar-refractivity contribution is 0.278. The highest BCUT2D eigenvalue weighted by Gasteiger charge is 2.28. The zero-order valence-corrected chi connectivity index (χ0v) is 16.6. The smallest absolute Gasteiger partial charge is 0.244 e. The standard InChI is InChI=1S/C18H25ClN4O2S/c1-2-8-22-15-16(13-20-22)14-21-9-5-10-23(12-11-21)26(24,25)18-7-4-3-6-17(18)19/h3-4,6-7,13,15H,2,5,8-12,14H2,1H3. The Morgan fingerprint density at radius 3 is 2.73 bits per heavy atom. The van der Waals surface area contributed by atoms with Gasteiger partial charge in [0.25, 0.3) is 0 Å². The molecule has 2 heterocycles. The van der Waals surface area contributed by atoms with Gasteiger partial charge in [-0.1, -0.05) is 30.7 Å². The molecule has 1 aromatic heterocycles. The molecule has 0 unspecified atom stereocenters. The number of halogens is 1. The first-order chi connectivity index (χ1) is 12.5. The fourth-order valence-electron chi connectivity index (χ4n) is 3.24. The lowest BCUT2D eigenvalue weighted by atomic mass is 10.3. The van der Waals surface area contributed by atoms with E-state index in [1.807, 2.05) is 10.9 Å². The number of aromatic nitrogens is 2. The minimum absolute atomic E-state index is 0.191. The molecule has 0 saturated carbocycles. The predicted octanol–water partition coefficient (Wildman–Crippen LogP) is 2.84. The highest BCUT2D eigenvalue weighted by Crippen LogP contribution is 2.25. The van der Waals surface area contributed by atoms with Gasteiger partial charge in [-0.25, -0.2) is 8.42 Å². The number of nitrogens with zero attached hydrogens (tertiary/aromatic N) is 4. The maximum absolute atomic E-state index is 12.9. The topological polar surface area (TPSA) is 58.4 Å². The normalized spacial score (nSPS) is 17.3. The summed E-state index contributed by atoms with van der Waals surface area (Å²) in [6, 6.07) is 6.63. The molecule has 0 atom stereocenters. The van der Waals surface area contributed by atoms with Gasteiger partial charge in [-0.2, -0.15) is 9.40 Å². The Hall–Kier alpha value is -1.41. The van der Waals surface area contributed by atoms with Crippen LogP contribution in [-0.2, 0) is 23.1 Å². The Kier molecular flexibility index (Phi) is 6.34. The van der Waals surface area contributed by atoms with E-state index in [-0.39, 0.29) is 9.92 Å². The predicted molar refractivity (Wildman–Crippen MR) is 103 cm³/mol. The Labute approximate surface area is 160 Å². The van der Waals surface area contributed by atoms with Crippen molar-refractivity contribution in [2.75, 3.05) is 26.2 Å². The van der Waals surface area contributed by atoms with Crippen molar-refractivity contribution in [3.8, 4) is 0 Å². The number of rotatable bonds is 6. The zero-order chi connectivity index (χ0) is 18.6. The average Bonchev–Trinajstić information content (AvgIpc) is 2.90. The summed E-state index contributed by atoms with van der Waals surface area (Å²) in [5, 5.41) is 4.64. The van der Waals surface area contributed by atoms with Crippen molar-refractivity contribution in [3.05, 3.63) is 47.2 Å². The highest BCUT2D eigenvalue weighted by molar-refractivity contribution is 7.89. The Morgan fingerprint density at radius 1 is 1.15 bits per heavy atom. The SMILES string of the molecule is CCCn1cc(CN2CCCN(S(=O)(=O)c3ccccc3Cl)CC2)cn1. The van der Waals surface area contributed by atoms with Crippen molar-refractivity contribution in [2.24, 2.45) is 0 Å². The molecule has 0 spiro atoms. The molecule has 1 aromatic carbocycles. The molecule has 0 aliphatic carbocycles. The molecule has 0 amide bonds. The van der Waals surface area contributed by atoms with Crippen LogP contribution in [0.1, 0.15) is 25.3 Å². The summed E-state index contributed by atoms with van der Waals surface area (Å²) in [7, 11) is -3.56. The van der Waals surface area contributed by atoms with Crippen LogP contribution in [0, 0.1) is 0 Å². The second kappa shape index (κ2) is 8.52. The van der Waals surface area contributed by atoms with E-state index in [9.17, 15) is 8.42 Å². The lowest BCUT2D eigenvalue weighted by Gasteiger charge is -2.21. The van der Waals surface area contributed by atoms with E-state index in [0.29, 0.717) is 19.6 Å². The average molecular weight is 397 g/mol. The fraction of sp³-hybridized carbons (Fsp3) is 0.500. The summed E-state index contributed by atoms with van der Waals surface area (Å²) in [6.45, 7) is 6.39. The number of sulfonamides is 1. The first-order valence-corrected chi connectivity index (χ1v) is 10.8. The van der Waals surface area contributed by atoms with Gasteiger partial charge >= 0.3 is 0 Å². The first-order valence-electron chi connectivity index (χ1n) is 8.99. The molecule has 1 aliphatic rings. The van der Waals surface area contributed by atoms with Gasteiger partial charge in [-0.05, 0) is 31.5 Å². The maximum Gasteiger partial charge on any atom is 0.244 e. The number of hydrogen-bond acceptors (Lipinski definition) is 4. The van der Waals surface area contributed by atoms with Crippen molar-refractivity contribution in [1.82, 2.24) is 19.0 Å². The maximum atomic E-state index is 12.9. The molecule has 2 aromatic rings. The van der Waals surface area contributed by atoms with E-state index in [1.54, 1.807) is 28.6 Å². The molecule has 0 radical (unpaired) electrons. The van der Waals surface area contributed by atoms with Crippen molar-refractivity contribution in [3.63, 3.8) is 0 Å². The van der Waals surface area contributed by atoms with Crippen LogP contribution in [0.2, 0.25) is 5.02 Å². The van der Waals surface area contributed by atoms with Crippen molar-refractivity contribution in [1.29, 1.82) is 0 Å². The van der Waals surface area contributed by atoms with E-state index in [4.69, 9.17) is 11.6 Å². The Bertz CT molecular complexity index is 837. The summed E-state index contributed by atoms with van der Waals surface area (Å²) in [5.41, 5.74) is 1.17. The van der Waals surface area contributed by atoms with Crippen LogP contribution >= 0.6 is 11.6 Å². The third-order valence-corrected chi connectivity index (χ3v) is 6.95. The van der Waals surface area contributed by atoms with E-state index in [2.05, 4.69) is 23.1 Å². The molecule has 3 rings (SSSR count). The van der Waals surface area contributed by atoms with Crippen molar-refractivity contribution < 1.29 is 8.42 Å². The van der Waals surface area contributed by atoms with Crippen LogP contribution in [-0.4, -0.2) is 53.6 Å². The quantitative estimate of drug-likeness (QED) is 0.753. The molecule has 26 heavy (non-hydrogen) atoms. The Morgan fingerprint density at radius 2 is 1.96 bits per heavy atom. The van der Waals surface area contributed by atoms with Crippen LogP contribution in [0.15, 0.2) is 41.6 Å². The Balaban J connectivity index is 1.65. The first kappa shape index (κ1) is 19.4. The zero-order valence-electron chi connectivity index (χ0n) is 15.0. The molecule has 0 N–H and O–H groups in total. The molecule has 0 bridgehead atoms. The second-order valence-electron chi connectivity index (χ2n) is 6.58. The number of aryl methyl sites for hydroxylation is 1. The van der Waals surface area contributed by atoms with Gasteiger partial charge in [0.05, 0.1) is 11.2 Å². The van der Waals surface area contributed by atoms with Crippen LogP contribution in [0.5, 0.6) is 0 Å². The van der Waals surface area contributed by atoms with Gasteiger partial charge in [0.1, 0.15) is 4.90 Å². The molecular formula is C18H25ClN4O2S. The van der Waals surface area contributed by atoms with E-state index in [1.165, 1.54) is 5.56 Å². The molecular weight excluding hydrogens is 372 g/mol. The molecule has 1 fully saturated rings. The third kappa shape index (κ3) is 4.46. The molecule has 1 aliphatic heterocycles. The van der Waals surface area contributed by atoms with Crippen LogP contribution in [0.25, 0.3) is 0 Å². The lowest BCUT2D eigenvalue weighted by Crippen LogP contribution is -2.35.